The number of benzene rings is 1. The number of anilines is 2. The zero-order valence-electron chi connectivity index (χ0n) is 13.9. The van der Waals surface area contributed by atoms with E-state index in [0.29, 0.717) is 6.04 Å². The van der Waals surface area contributed by atoms with E-state index >= 15 is 0 Å². The van der Waals surface area contributed by atoms with Crippen molar-refractivity contribution in [3.05, 3.63) is 46.1 Å². The summed E-state index contributed by atoms with van der Waals surface area (Å²) < 4.78 is 0. The van der Waals surface area contributed by atoms with Gasteiger partial charge < -0.3 is 10.2 Å². The molecule has 1 N–H and O–H groups in total. The molecule has 0 saturated carbocycles. The molecule has 0 bridgehead atoms. The zero-order chi connectivity index (χ0) is 16.4. The van der Waals surface area contributed by atoms with Crippen LogP contribution in [0.2, 0.25) is 5.02 Å². The molecule has 1 aromatic carbocycles. The maximum absolute atomic E-state index is 6.09. The first-order valence-electron chi connectivity index (χ1n) is 8.19. The van der Waals surface area contributed by atoms with E-state index in [1.807, 2.05) is 13.0 Å². The van der Waals surface area contributed by atoms with E-state index in [0.717, 1.165) is 48.4 Å². The molecule has 2 heterocycles. The minimum atomic E-state index is 0.369. The molecule has 0 fully saturated rings. The van der Waals surface area contributed by atoms with Gasteiger partial charge in [-0.1, -0.05) is 24.6 Å². The fourth-order valence-electron chi connectivity index (χ4n) is 2.82. The number of aromatic nitrogens is 2. The molecule has 0 amide bonds. The quantitative estimate of drug-likeness (QED) is 0.911. The van der Waals surface area contributed by atoms with Crippen LogP contribution in [0.1, 0.15) is 37.1 Å². The molecule has 1 aliphatic heterocycles. The Bertz CT molecular complexity index is 701. The highest BCUT2D eigenvalue weighted by Crippen LogP contribution is 2.26. The summed E-state index contributed by atoms with van der Waals surface area (Å²) in [4.78, 5) is 11.5. The Morgan fingerprint density at radius 2 is 2.09 bits per heavy atom. The van der Waals surface area contributed by atoms with Crippen molar-refractivity contribution in [1.82, 2.24) is 9.97 Å². The van der Waals surface area contributed by atoms with Crippen molar-refractivity contribution in [1.29, 1.82) is 0 Å². The van der Waals surface area contributed by atoms with Crippen molar-refractivity contribution in [3.8, 4) is 0 Å². The second kappa shape index (κ2) is 6.75. The van der Waals surface area contributed by atoms with Crippen molar-refractivity contribution in [2.45, 2.75) is 46.2 Å². The summed E-state index contributed by atoms with van der Waals surface area (Å²) in [7, 11) is 0. The molecule has 2 aromatic rings. The van der Waals surface area contributed by atoms with Crippen LogP contribution in [-0.2, 0) is 13.0 Å². The minimum Gasteiger partial charge on any atom is -0.352 e. The lowest BCUT2D eigenvalue weighted by Crippen LogP contribution is -2.31. The van der Waals surface area contributed by atoms with Crippen molar-refractivity contribution < 1.29 is 0 Å². The van der Waals surface area contributed by atoms with E-state index < -0.39 is 0 Å². The second-order valence-corrected chi connectivity index (χ2v) is 6.67. The first-order valence-corrected chi connectivity index (χ1v) is 8.57. The Balaban J connectivity index is 1.83. The number of halogens is 1. The van der Waals surface area contributed by atoms with E-state index in [2.05, 4.69) is 47.2 Å². The molecule has 1 aromatic heterocycles. The van der Waals surface area contributed by atoms with Crippen LogP contribution in [0, 0.1) is 6.92 Å². The van der Waals surface area contributed by atoms with Gasteiger partial charge in [0, 0.05) is 35.9 Å². The molecule has 3 rings (SSSR count). The largest absolute Gasteiger partial charge is 0.352 e. The average molecular weight is 331 g/mol. The fourth-order valence-corrected chi connectivity index (χ4v) is 3.01. The zero-order valence-corrected chi connectivity index (χ0v) is 14.7. The average Bonchev–Trinajstić information content (AvgIpc) is 2.53. The normalized spacial score (nSPS) is 15.2. The monoisotopic (exact) mass is 330 g/mol. The van der Waals surface area contributed by atoms with Gasteiger partial charge in [-0.3, -0.25) is 0 Å². The molecule has 0 aliphatic carbocycles. The summed E-state index contributed by atoms with van der Waals surface area (Å²) in [5.41, 5.74) is 3.66. The first-order chi connectivity index (χ1) is 11.0. The molecule has 122 valence electrons. The highest BCUT2D eigenvalue weighted by Gasteiger charge is 2.19. The summed E-state index contributed by atoms with van der Waals surface area (Å²) in [5, 5.41) is 4.19. The number of hydrogen-bond donors (Lipinski definition) is 1. The summed E-state index contributed by atoms with van der Waals surface area (Å²) in [6.45, 7) is 8.14. The van der Waals surface area contributed by atoms with E-state index in [-0.39, 0.29) is 0 Å². The third kappa shape index (κ3) is 3.75. The van der Waals surface area contributed by atoms with E-state index in [1.165, 1.54) is 11.1 Å². The van der Waals surface area contributed by atoms with Gasteiger partial charge in [0.2, 0.25) is 5.95 Å². The number of aryl methyl sites for hydroxylation is 1. The molecule has 0 unspecified atom stereocenters. The Morgan fingerprint density at radius 3 is 2.87 bits per heavy atom. The molecule has 5 heteroatoms. The van der Waals surface area contributed by atoms with Gasteiger partial charge in [0.05, 0.1) is 0 Å². The molecule has 4 nitrogen and oxygen atoms in total. The number of hydrogen-bond acceptors (Lipinski definition) is 4. The Morgan fingerprint density at radius 1 is 1.26 bits per heavy atom. The molecule has 23 heavy (non-hydrogen) atoms. The van der Waals surface area contributed by atoms with Gasteiger partial charge in [0.1, 0.15) is 5.82 Å². The smallest absolute Gasteiger partial charge is 0.225 e. The molecule has 1 aliphatic rings. The third-order valence-corrected chi connectivity index (χ3v) is 4.57. The summed E-state index contributed by atoms with van der Waals surface area (Å²) in [6.07, 6.45) is 2.04. The topological polar surface area (TPSA) is 41.1 Å². The van der Waals surface area contributed by atoms with Crippen molar-refractivity contribution >= 4 is 23.4 Å². The first kappa shape index (κ1) is 16.1. The third-order valence-electron chi connectivity index (χ3n) is 4.33. The standard InChI is InChI=1S/C18H23ClN4/c1-4-12(2)20-18-21-13(3)9-17(22-18)23-8-7-14-10-16(19)6-5-15(14)11-23/h5-6,9-10,12H,4,7-8,11H2,1-3H3,(H,20,21,22)/t12-/m1/s1. The number of nitrogens with zero attached hydrogens (tertiary/aromatic N) is 3. The maximum Gasteiger partial charge on any atom is 0.225 e. The predicted molar refractivity (Wildman–Crippen MR) is 96.4 cm³/mol. The highest BCUT2D eigenvalue weighted by atomic mass is 35.5. The number of nitrogens with one attached hydrogen (secondary N) is 1. The molecule has 1 atom stereocenters. The van der Waals surface area contributed by atoms with E-state index in [9.17, 15) is 0 Å². The predicted octanol–water partition coefficient (Wildman–Crippen LogP) is 4.21. The Kier molecular flexibility index (Phi) is 4.71. The van der Waals surface area contributed by atoms with Crippen molar-refractivity contribution in [2.24, 2.45) is 0 Å². The van der Waals surface area contributed by atoms with Crippen LogP contribution < -0.4 is 10.2 Å². The van der Waals surface area contributed by atoms with Gasteiger partial charge in [-0.25, -0.2) is 4.98 Å². The SMILES string of the molecule is CC[C@@H](C)Nc1nc(C)cc(N2CCc3cc(Cl)ccc3C2)n1. The fraction of sp³-hybridized carbons (Fsp3) is 0.444. The maximum atomic E-state index is 6.09. The van der Waals surface area contributed by atoms with Crippen LogP contribution in [0.5, 0.6) is 0 Å². The van der Waals surface area contributed by atoms with Gasteiger partial charge in [0.15, 0.2) is 0 Å². The second-order valence-electron chi connectivity index (χ2n) is 6.23. The van der Waals surface area contributed by atoms with Crippen molar-refractivity contribution in [2.75, 3.05) is 16.8 Å². The summed E-state index contributed by atoms with van der Waals surface area (Å²) >= 11 is 6.09. The molecule has 0 spiro atoms. The van der Waals surface area contributed by atoms with Crippen LogP contribution in [0.15, 0.2) is 24.3 Å². The van der Waals surface area contributed by atoms with Crippen LogP contribution in [0.4, 0.5) is 11.8 Å². The Labute approximate surface area is 142 Å². The van der Waals surface area contributed by atoms with Gasteiger partial charge >= 0.3 is 0 Å². The lowest BCUT2D eigenvalue weighted by molar-refractivity contribution is 0.713. The summed E-state index contributed by atoms with van der Waals surface area (Å²) in [6, 6.07) is 8.59. The van der Waals surface area contributed by atoms with Crippen LogP contribution in [0.3, 0.4) is 0 Å². The molecule has 0 saturated heterocycles. The van der Waals surface area contributed by atoms with Crippen LogP contribution in [0.25, 0.3) is 0 Å². The van der Waals surface area contributed by atoms with E-state index in [4.69, 9.17) is 16.6 Å². The minimum absolute atomic E-state index is 0.369. The van der Waals surface area contributed by atoms with Crippen LogP contribution >= 0.6 is 11.6 Å². The Hall–Kier alpha value is -1.81. The van der Waals surface area contributed by atoms with Crippen molar-refractivity contribution in [3.63, 3.8) is 0 Å². The number of fused-ring (bicyclic) bond motifs is 1. The molecular formula is C18H23ClN4. The van der Waals surface area contributed by atoms with E-state index in [1.54, 1.807) is 0 Å². The summed E-state index contributed by atoms with van der Waals surface area (Å²) in [5.74, 6) is 1.71. The van der Waals surface area contributed by atoms with Gasteiger partial charge in [-0.2, -0.15) is 4.98 Å². The molecule has 0 radical (unpaired) electrons. The lowest BCUT2D eigenvalue weighted by Gasteiger charge is -2.30. The highest BCUT2D eigenvalue weighted by molar-refractivity contribution is 6.30. The molecular weight excluding hydrogens is 308 g/mol. The van der Waals surface area contributed by atoms with Crippen LogP contribution in [-0.4, -0.2) is 22.6 Å². The van der Waals surface area contributed by atoms with Gasteiger partial charge in [0.25, 0.3) is 0 Å². The lowest BCUT2D eigenvalue weighted by atomic mass is 10.00. The van der Waals surface area contributed by atoms with Gasteiger partial charge in [-0.15, -0.1) is 0 Å². The van der Waals surface area contributed by atoms with Gasteiger partial charge in [-0.05, 0) is 49.9 Å². The number of rotatable bonds is 4.